The van der Waals surface area contributed by atoms with Gasteiger partial charge in [0.15, 0.2) is 5.96 Å². The van der Waals surface area contributed by atoms with Gasteiger partial charge in [-0.1, -0.05) is 13.8 Å². The summed E-state index contributed by atoms with van der Waals surface area (Å²) >= 11 is 0. The van der Waals surface area contributed by atoms with Gasteiger partial charge in [0.05, 0.1) is 6.04 Å². The number of aliphatic carboxylic acids is 1. The first-order valence-electron chi connectivity index (χ1n) is 11.5. The number of amides is 3. The minimum atomic E-state index is -1.16. The second kappa shape index (κ2) is 16.6. The Kier molecular flexibility index (Phi) is 15.2. The molecule has 34 heavy (non-hydrogen) atoms. The minimum absolute atomic E-state index is 0.0368. The molecule has 0 aliphatic heterocycles. The number of aliphatic imine (C=N–C) groups is 1. The lowest BCUT2D eigenvalue weighted by Gasteiger charge is -2.25. The van der Waals surface area contributed by atoms with Crippen LogP contribution < -0.4 is 38.9 Å². The van der Waals surface area contributed by atoms with Gasteiger partial charge in [-0.3, -0.25) is 19.4 Å². The number of nitrogens with two attached hydrogens (primary N) is 4. The maximum atomic E-state index is 13.0. The van der Waals surface area contributed by atoms with Gasteiger partial charge in [-0.25, -0.2) is 4.79 Å². The number of carboxylic acid groups (broad SMARTS) is 1. The van der Waals surface area contributed by atoms with E-state index in [4.69, 9.17) is 22.9 Å². The maximum Gasteiger partial charge on any atom is 0.326 e. The molecule has 0 spiro atoms. The monoisotopic (exact) mass is 486 g/mol. The molecule has 0 radical (unpaired) electrons. The van der Waals surface area contributed by atoms with Crippen LogP contribution in [0.25, 0.3) is 0 Å². The van der Waals surface area contributed by atoms with E-state index in [1.54, 1.807) is 0 Å². The number of guanidine groups is 1. The molecule has 4 atom stereocenters. The largest absolute Gasteiger partial charge is 0.480 e. The lowest BCUT2D eigenvalue weighted by atomic mass is 10.0. The average molecular weight is 487 g/mol. The molecule has 3 amide bonds. The second-order valence-electron chi connectivity index (χ2n) is 8.67. The van der Waals surface area contributed by atoms with Crippen molar-refractivity contribution in [3.05, 3.63) is 0 Å². The van der Waals surface area contributed by atoms with Crippen LogP contribution in [-0.2, 0) is 19.2 Å². The van der Waals surface area contributed by atoms with Crippen molar-refractivity contribution in [1.29, 1.82) is 0 Å². The molecular formula is C21H42N8O5. The number of nitrogens with one attached hydrogen (secondary N) is 3. The maximum absolute atomic E-state index is 13.0. The van der Waals surface area contributed by atoms with Crippen molar-refractivity contribution in [3.63, 3.8) is 0 Å². The molecule has 0 aromatic rings. The lowest BCUT2D eigenvalue weighted by molar-refractivity contribution is -0.142. The zero-order valence-corrected chi connectivity index (χ0v) is 20.4. The van der Waals surface area contributed by atoms with Crippen molar-refractivity contribution in [2.45, 2.75) is 83.5 Å². The van der Waals surface area contributed by atoms with E-state index in [2.05, 4.69) is 20.9 Å². The summed E-state index contributed by atoms with van der Waals surface area (Å²) in [6, 6.07) is -3.91. The predicted molar refractivity (Wildman–Crippen MR) is 129 cm³/mol. The van der Waals surface area contributed by atoms with Gasteiger partial charge in [0.2, 0.25) is 17.7 Å². The van der Waals surface area contributed by atoms with Crippen LogP contribution in [-0.4, -0.2) is 72.0 Å². The van der Waals surface area contributed by atoms with Crippen LogP contribution in [0.5, 0.6) is 0 Å². The molecule has 0 saturated carbocycles. The topological polar surface area (TPSA) is 241 Å². The van der Waals surface area contributed by atoms with E-state index in [1.165, 1.54) is 6.92 Å². The highest BCUT2D eigenvalue weighted by atomic mass is 16.4. The van der Waals surface area contributed by atoms with E-state index in [9.17, 15) is 24.3 Å². The van der Waals surface area contributed by atoms with E-state index in [0.717, 1.165) is 0 Å². The molecule has 0 aromatic heterocycles. The molecule has 0 aliphatic carbocycles. The number of hydrogen-bond acceptors (Lipinski definition) is 7. The van der Waals surface area contributed by atoms with Crippen molar-refractivity contribution in [1.82, 2.24) is 16.0 Å². The van der Waals surface area contributed by atoms with Gasteiger partial charge in [0, 0.05) is 6.54 Å². The van der Waals surface area contributed by atoms with Crippen molar-refractivity contribution >= 4 is 29.7 Å². The van der Waals surface area contributed by atoms with Crippen molar-refractivity contribution in [3.8, 4) is 0 Å². The van der Waals surface area contributed by atoms with Gasteiger partial charge < -0.3 is 44.0 Å². The fraction of sp³-hybridized carbons (Fsp3) is 0.762. The summed E-state index contributed by atoms with van der Waals surface area (Å²) in [4.78, 5) is 53.4. The van der Waals surface area contributed by atoms with Crippen LogP contribution in [0.1, 0.15) is 59.3 Å². The van der Waals surface area contributed by atoms with Crippen molar-refractivity contribution in [2.24, 2.45) is 33.8 Å². The number of nitrogens with zero attached hydrogens (tertiary/aromatic N) is 1. The fourth-order valence-electron chi connectivity index (χ4n) is 3.07. The predicted octanol–water partition coefficient (Wildman–Crippen LogP) is -1.90. The Morgan fingerprint density at radius 1 is 0.824 bits per heavy atom. The number of carboxylic acids is 1. The molecule has 13 heteroatoms. The Morgan fingerprint density at radius 2 is 1.32 bits per heavy atom. The third kappa shape index (κ3) is 13.6. The van der Waals surface area contributed by atoms with Crippen LogP contribution in [0.15, 0.2) is 4.99 Å². The molecule has 12 N–H and O–H groups in total. The molecular weight excluding hydrogens is 444 g/mol. The number of hydrogen-bond donors (Lipinski definition) is 8. The number of unbranched alkanes of at least 4 members (excludes halogenated alkanes) is 1. The molecule has 0 rings (SSSR count). The Labute approximate surface area is 200 Å². The number of carbonyl (C=O) groups excluding carboxylic acids is 3. The molecule has 196 valence electrons. The van der Waals surface area contributed by atoms with Crippen molar-refractivity contribution in [2.75, 3.05) is 13.1 Å². The Hall–Kier alpha value is -2.93. The zero-order chi connectivity index (χ0) is 26.3. The molecule has 13 nitrogen and oxygen atoms in total. The van der Waals surface area contributed by atoms with Crippen LogP contribution in [0.4, 0.5) is 0 Å². The van der Waals surface area contributed by atoms with Gasteiger partial charge in [-0.2, -0.15) is 0 Å². The summed E-state index contributed by atoms with van der Waals surface area (Å²) in [6.07, 6.45) is 2.24. The molecule has 0 bridgehead atoms. The number of carbonyl (C=O) groups is 4. The Balaban J connectivity index is 5.48. The smallest absolute Gasteiger partial charge is 0.326 e. The van der Waals surface area contributed by atoms with Gasteiger partial charge >= 0.3 is 5.97 Å². The van der Waals surface area contributed by atoms with E-state index < -0.39 is 47.9 Å². The molecule has 0 heterocycles. The first-order valence-corrected chi connectivity index (χ1v) is 11.5. The molecule has 0 unspecified atom stereocenters. The summed E-state index contributed by atoms with van der Waals surface area (Å²) in [7, 11) is 0. The fourth-order valence-corrected chi connectivity index (χ4v) is 3.07. The standard InChI is InChI=1S/C21H42N8O5/c1-12(2)11-16(20(33)34)29-19(32)14(7-4-5-9-22)28-18(31)15(27-17(30)13(3)23)8-6-10-26-21(24)25/h12-16H,4-11,22-23H2,1-3H3,(H,27,30)(H,28,31)(H,29,32)(H,33,34)(H4,24,25,26)/t13-,14-,15-,16-/m0/s1. The number of rotatable bonds is 17. The van der Waals surface area contributed by atoms with Gasteiger partial charge in [-0.05, 0) is 57.9 Å². The lowest BCUT2D eigenvalue weighted by Crippen LogP contribution is -2.57. The quantitative estimate of drug-likeness (QED) is 0.0649. The third-order valence-electron chi connectivity index (χ3n) is 4.89. The van der Waals surface area contributed by atoms with Gasteiger partial charge in [0.25, 0.3) is 0 Å². The van der Waals surface area contributed by atoms with E-state index in [-0.39, 0.29) is 37.7 Å². The molecule has 0 aliphatic rings. The van der Waals surface area contributed by atoms with Crippen LogP contribution >= 0.6 is 0 Å². The molecule has 0 saturated heterocycles. The molecule has 0 aromatic carbocycles. The van der Waals surface area contributed by atoms with Crippen LogP contribution in [0, 0.1) is 5.92 Å². The van der Waals surface area contributed by atoms with Crippen LogP contribution in [0.2, 0.25) is 0 Å². The first kappa shape index (κ1) is 31.1. The van der Waals surface area contributed by atoms with E-state index in [1.807, 2.05) is 13.8 Å². The minimum Gasteiger partial charge on any atom is -0.480 e. The summed E-state index contributed by atoms with van der Waals surface area (Å²) in [6.45, 7) is 5.82. The Morgan fingerprint density at radius 3 is 1.76 bits per heavy atom. The summed E-state index contributed by atoms with van der Waals surface area (Å²) < 4.78 is 0. The average Bonchev–Trinajstić information content (AvgIpc) is 2.73. The SMILES string of the molecule is CC(C)C[C@H](NC(=O)[C@H](CCCCN)NC(=O)[C@H](CCCN=C(N)N)NC(=O)[C@H](C)N)C(=O)O. The van der Waals surface area contributed by atoms with Crippen molar-refractivity contribution < 1.29 is 24.3 Å². The summed E-state index contributed by atoms with van der Waals surface area (Å²) in [5.41, 5.74) is 21.7. The molecule has 0 fully saturated rings. The Bertz CT molecular complexity index is 695. The highest BCUT2D eigenvalue weighted by Gasteiger charge is 2.29. The highest BCUT2D eigenvalue weighted by Crippen LogP contribution is 2.08. The second-order valence-corrected chi connectivity index (χ2v) is 8.67. The highest BCUT2D eigenvalue weighted by molar-refractivity contribution is 5.94. The van der Waals surface area contributed by atoms with E-state index >= 15 is 0 Å². The third-order valence-corrected chi connectivity index (χ3v) is 4.89. The summed E-state index contributed by atoms with van der Waals surface area (Å²) in [5.74, 6) is -2.95. The zero-order valence-electron chi connectivity index (χ0n) is 20.4. The normalized spacial score (nSPS) is 14.4. The van der Waals surface area contributed by atoms with Crippen LogP contribution in [0.3, 0.4) is 0 Å². The van der Waals surface area contributed by atoms with Gasteiger partial charge in [0.1, 0.15) is 18.1 Å². The summed E-state index contributed by atoms with van der Waals surface area (Å²) in [5, 5.41) is 17.2. The van der Waals surface area contributed by atoms with E-state index in [0.29, 0.717) is 25.8 Å². The van der Waals surface area contributed by atoms with Gasteiger partial charge in [-0.15, -0.1) is 0 Å². The first-order chi connectivity index (χ1) is 15.9.